The summed E-state index contributed by atoms with van der Waals surface area (Å²) in [5.74, 6) is 0.268. The molecule has 5 nitrogen and oxygen atoms in total. The number of nitriles is 1. The number of fused-ring (bicyclic) bond motifs is 1. The van der Waals surface area contributed by atoms with Gasteiger partial charge < -0.3 is 5.32 Å². The standard InChI is InChI=1S/C18H20N4OS/c1-18(2,3)11-4-5-12-13(9-19)17(24-15(12)8-11)22-16(23)14-10-20-6-7-21-14/h6-7,10-11H,4-5,8H2,1-3H3,(H,22,23)/t11-/m1/s1. The average molecular weight is 340 g/mol. The first-order valence-electron chi connectivity index (χ1n) is 8.02. The second-order valence-electron chi connectivity index (χ2n) is 7.17. The topological polar surface area (TPSA) is 78.7 Å². The lowest BCUT2D eigenvalue weighted by atomic mass is 9.72. The zero-order valence-electron chi connectivity index (χ0n) is 14.1. The highest BCUT2D eigenvalue weighted by Crippen LogP contribution is 2.44. The molecule has 24 heavy (non-hydrogen) atoms. The minimum absolute atomic E-state index is 0.248. The maximum atomic E-state index is 12.3. The Kier molecular flexibility index (Phi) is 4.37. The fraction of sp³-hybridized carbons (Fsp3) is 0.444. The molecule has 0 aliphatic heterocycles. The molecule has 0 aromatic carbocycles. The predicted molar refractivity (Wildman–Crippen MR) is 94.0 cm³/mol. The zero-order chi connectivity index (χ0) is 17.3. The highest BCUT2D eigenvalue weighted by atomic mass is 32.1. The number of thiophene rings is 1. The van der Waals surface area contributed by atoms with E-state index >= 15 is 0 Å². The first-order chi connectivity index (χ1) is 11.4. The van der Waals surface area contributed by atoms with Crippen LogP contribution in [0.1, 0.15) is 53.7 Å². The van der Waals surface area contributed by atoms with Crippen molar-refractivity contribution in [3.05, 3.63) is 40.3 Å². The van der Waals surface area contributed by atoms with Crippen LogP contribution in [0.3, 0.4) is 0 Å². The lowest BCUT2D eigenvalue weighted by Crippen LogP contribution is -2.26. The van der Waals surface area contributed by atoms with Crippen molar-refractivity contribution >= 4 is 22.2 Å². The molecule has 0 spiro atoms. The van der Waals surface area contributed by atoms with Crippen molar-refractivity contribution in [2.24, 2.45) is 11.3 Å². The summed E-state index contributed by atoms with van der Waals surface area (Å²) in [6.45, 7) is 6.79. The molecule has 2 aromatic heterocycles. The molecular formula is C18H20N4OS. The van der Waals surface area contributed by atoms with E-state index in [4.69, 9.17) is 0 Å². The van der Waals surface area contributed by atoms with Gasteiger partial charge in [0.15, 0.2) is 0 Å². The monoisotopic (exact) mass is 340 g/mol. The Morgan fingerprint density at radius 3 is 2.83 bits per heavy atom. The molecule has 1 N–H and O–H groups in total. The summed E-state index contributed by atoms with van der Waals surface area (Å²) in [6.07, 6.45) is 7.38. The van der Waals surface area contributed by atoms with Crippen LogP contribution < -0.4 is 5.32 Å². The van der Waals surface area contributed by atoms with Gasteiger partial charge in [-0.2, -0.15) is 5.26 Å². The van der Waals surface area contributed by atoms with E-state index < -0.39 is 0 Å². The Labute approximate surface area is 145 Å². The maximum absolute atomic E-state index is 12.3. The summed E-state index contributed by atoms with van der Waals surface area (Å²) in [5.41, 5.74) is 2.22. The van der Waals surface area contributed by atoms with E-state index in [1.807, 2.05) is 0 Å². The molecule has 0 radical (unpaired) electrons. The molecule has 1 aliphatic rings. The van der Waals surface area contributed by atoms with Crippen molar-refractivity contribution < 1.29 is 4.79 Å². The van der Waals surface area contributed by atoms with E-state index in [0.29, 0.717) is 16.5 Å². The quantitative estimate of drug-likeness (QED) is 0.901. The van der Waals surface area contributed by atoms with Crippen molar-refractivity contribution in [3.63, 3.8) is 0 Å². The first-order valence-corrected chi connectivity index (χ1v) is 8.83. The van der Waals surface area contributed by atoms with Gasteiger partial charge in [0, 0.05) is 17.3 Å². The van der Waals surface area contributed by atoms with Crippen LogP contribution in [-0.4, -0.2) is 15.9 Å². The van der Waals surface area contributed by atoms with E-state index in [1.54, 1.807) is 0 Å². The second-order valence-corrected chi connectivity index (χ2v) is 8.28. The van der Waals surface area contributed by atoms with Gasteiger partial charge in [-0.15, -0.1) is 11.3 Å². The number of nitrogens with one attached hydrogen (secondary N) is 1. The number of rotatable bonds is 2. The molecule has 1 aliphatic carbocycles. The SMILES string of the molecule is CC(C)(C)[C@@H]1CCc2c(sc(NC(=O)c3cnccn3)c2C#N)C1. The summed E-state index contributed by atoms with van der Waals surface area (Å²) in [5, 5.41) is 13.0. The molecule has 0 saturated carbocycles. The smallest absolute Gasteiger partial charge is 0.276 e. The van der Waals surface area contributed by atoms with Crippen LogP contribution in [0.25, 0.3) is 0 Å². The van der Waals surface area contributed by atoms with Crippen LogP contribution in [0.4, 0.5) is 5.00 Å². The molecule has 0 saturated heterocycles. The Morgan fingerprint density at radius 2 is 2.21 bits per heavy atom. The number of carbonyl (C=O) groups is 1. The summed E-state index contributed by atoms with van der Waals surface area (Å²) < 4.78 is 0. The van der Waals surface area contributed by atoms with Crippen LogP contribution in [0.2, 0.25) is 0 Å². The van der Waals surface area contributed by atoms with E-state index in [1.165, 1.54) is 34.8 Å². The van der Waals surface area contributed by atoms with Gasteiger partial charge in [-0.1, -0.05) is 20.8 Å². The molecule has 0 unspecified atom stereocenters. The Hall–Kier alpha value is -2.26. The summed E-state index contributed by atoms with van der Waals surface area (Å²) >= 11 is 1.53. The lowest BCUT2D eigenvalue weighted by molar-refractivity contribution is 0.102. The van der Waals surface area contributed by atoms with Gasteiger partial charge in [0.05, 0.1) is 11.8 Å². The predicted octanol–water partition coefficient (Wildman–Crippen LogP) is 3.81. The minimum Gasteiger partial charge on any atom is -0.311 e. The van der Waals surface area contributed by atoms with Crippen molar-refractivity contribution in [3.8, 4) is 6.07 Å². The summed E-state index contributed by atoms with van der Waals surface area (Å²) in [7, 11) is 0. The van der Waals surface area contributed by atoms with Gasteiger partial charge in [0.2, 0.25) is 0 Å². The Balaban J connectivity index is 1.87. The summed E-state index contributed by atoms with van der Waals surface area (Å²) in [6, 6.07) is 2.27. The molecule has 6 heteroatoms. The molecule has 2 heterocycles. The molecular weight excluding hydrogens is 320 g/mol. The number of carbonyl (C=O) groups excluding carboxylic acids is 1. The number of anilines is 1. The highest BCUT2D eigenvalue weighted by Gasteiger charge is 2.32. The number of nitrogens with zero attached hydrogens (tertiary/aromatic N) is 3. The molecule has 1 atom stereocenters. The van der Waals surface area contributed by atoms with Crippen LogP contribution in [0.15, 0.2) is 18.6 Å². The fourth-order valence-corrected chi connectivity index (χ4v) is 4.39. The zero-order valence-corrected chi connectivity index (χ0v) is 14.9. The largest absolute Gasteiger partial charge is 0.311 e. The first kappa shape index (κ1) is 16.6. The van der Waals surface area contributed by atoms with Gasteiger partial charge in [0.25, 0.3) is 5.91 Å². The van der Waals surface area contributed by atoms with Crippen molar-refractivity contribution in [1.29, 1.82) is 5.26 Å². The van der Waals surface area contributed by atoms with Gasteiger partial charge in [-0.25, -0.2) is 4.98 Å². The lowest BCUT2D eigenvalue weighted by Gasteiger charge is -2.33. The van der Waals surface area contributed by atoms with Crippen LogP contribution in [-0.2, 0) is 12.8 Å². The van der Waals surface area contributed by atoms with Crippen LogP contribution in [0, 0.1) is 22.7 Å². The second kappa shape index (κ2) is 6.33. The number of amides is 1. The summed E-state index contributed by atoms with van der Waals surface area (Å²) in [4.78, 5) is 21.4. The highest BCUT2D eigenvalue weighted by molar-refractivity contribution is 7.16. The molecule has 2 aromatic rings. The number of hydrogen-bond acceptors (Lipinski definition) is 5. The maximum Gasteiger partial charge on any atom is 0.276 e. The van der Waals surface area contributed by atoms with Crippen LogP contribution in [0.5, 0.6) is 0 Å². The number of aromatic nitrogens is 2. The van der Waals surface area contributed by atoms with Crippen LogP contribution >= 0.6 is 11.3 Å². The fourth-order valence-electron chi connectivity index (χ4n) is 3.11. The van der Waals surface area contributed by atoms with E-state index in [-0.39, 0.29) is 17.0 Å². The van der Waals surface area contributed by atoms with Gasteiger partial charge in [0.1, 0.15) is 16.8 Å². The van der Waals surface area contributed by atoms with Gasteiger partial charge in [-0.05, 0) is 36.2 Å². The normalized spacial score (nSPS) is 17.0. The minimum atomic E-state index is -0.328. The molecule has 0 fully saturated rings. The third-order valence-corrected chi connectivity index (χ3v) is 5.79. The third-order valence-electron chi connectivity index (χ3n) is 4.62. The third kappa shape index (κ3) is 3.17. The van der Waals surface area contributed by atoms with Crippen molar-refractivity contribution in [2.45, 2.75) is 40.0 Å². The molecule has 124 valence electrons. The van der Waals surface area contributed by atoms with E-state index in [0.717, 1.165) is 24.8 Å². The van der Waals surface area contributed by atoms with E-state index in [2.05, 4.69) is 42.1 Å². The van der Waals surface area contributed by atoms with Crippen molar-refractivity contribution in [2.75, 3.05) is 5.32 Å². The average Bonchev–Trinajstić information content (AvgIpc) is 2.90. The Morgan fingerprint density at radius 1 is 1.42 bits per heavy atom. The Bertz CT molecular complexity index is 799. The van der Waals surface area contributed by atoms with E-state index in [9.17, 15) is 10.1 Å². The molecule has 3 rings (SSSR count). The molecule has 0 bridgehead atoms. The van der Waals surface area contributed by atoms with Crippen molar-refractivity contribution in [1.82, 2.24) is 9.97 Å². The van der Waals surface area contributed by atoms with Gasteiger partial charge in [-0.3, -0.25) is 9.78 Å². The molecule has 1 amide bonds. The van der Waals surface area contributed by atoms with Gasteiger partial charge >= 0.3 is 0 Å². The number of hydrogen-bond donors (Lipinski definition) is 1.